The quantitative estimate of drug-likeness (QED) is 0.495. The van der Waals surface area contributed by atoms with E-state index < -0.39 is 18.0 Å². The molecule has 1 heterocycles. The van der Waals surface area contributed by atoms with E-state index in [0.29, 0.717) is 29.1 Å². The predicted molar refractivity (Wildman–Crippen MR) is 105 cm³/mol. The van der Waals surface area contributed by atoms with Crippen LogP contribution in [0.3, 0.4) is 0 Å². The van der Waals surface area contributed by atoms with Gasteiger partial charge in [-0.15, -0.1) is 0 Å². The van der Waals surface area contributed by atoms with Gasteiger partial charge in [0, 0.05) is 12.2 Å². The van der Waals surface area contributed by atoms with Gasteiger partial charge in [0.1, 0.15) is 11.3 Å². The summed E-state index contributed by atoms with van der Waals surface area (Å²) in [7, 11) is 0. The summed E-state index contributed by atoms with van der Waals surface area (Å²) in [4.78, 5) is 28.5. The molecule has 1 N–H and O–H groups in total. The fraction of sp³-hybridized carbons (Fsp3) is 0.190. The van der Waals surface area contributed by atoms with Crippen LogP contribution in [-0.2, 0) is 14.3 Å². The topological polar surface area (TPSA) is 90.7 Å². The van der Waals surface area contributed by atoms with Crippen molar-refractivity contribution in [3.05, 3.63) is 60.5 Å². The zero-order valence-corrected chi connectivity index (χ0v) is 15.5. The maximum atomic E-state index is 12.3. The van der Waals surface area contributed by atoms with Gasteiger partial charge in [-0.3, -0.25) is 4.79 Å². The number of aromatic nitrogens is 1. The van der Waals surface area contributed by atoms with E-state index in [1.54, 1.807) is 36.4 Å². The lowest BCUT2D eigenvalue weighted by Gasteiger charge is -2.14. The second kappa shape index (κ2) is 8.85. The van der Waals surface area contributed by atoms with Crippen molar-refractivity contribution < 1.29 is 23.5 Å². The van der Waals surface area contributed by atoms with Crippen LogP contribution in [0.5, 0.6) is 5.75 Å². The molecule has 7 nitrogen and oxygen atoms in total. The van der Waals surface area contributed by atoms with Gasteiger partial charge in [0.05, 0.1) is 12.3 Å². The number of anilines is 1. The first-order valence-electron chi connectivity index (χ1n) is 8.83. The number of nitrogens with zero attached hydrogens (tertiary/aromatic N) is 1. The van der Waals surface area contributed by atoms with Crippen LogP contribution in [0.2, 0.25) is 0 Å². The van der Waals surface area contributed by atoms with Crippen molar-refractivity contribution in [2.45, 2.75) is 20.0 Å². The van der Waals surface area contributed by atoms with Gasteiger partial charge in [0.25, 0.3) is 5.91 Å². The number of para-hydroxylation sites is 4. The third-order valence-corrected chi connectivity index (χ3v) is 3.78. The molecule has 3 rings (SSSR count). The van der Waals surface area contributed by atoms with E-state index in [4.69, 9.17) is 13.9 Å². The summed E-state index contributed by atoms with van der Waals surface area (Å²) in [5, 5.41) is 2.70. The predicted octanol–water partition coefficient (Wildman–Crippen LogP) is 3.81. The van der Waals surface area contributed by atoms with Crippen LogP contribution in [0.15, 0.2) is 59.0 Å². The monoisotopic (exact) mass is 380 g/mol. The lowest BCUT2D eigenvalue weighted by Crippen LogP contribution is -2.29. The number of hydrogen-bond donors (Lipinski definition) is 1. The van der Waals surface area contributed by atoms with Gasteiger partial charge in [-0.05, 0) is 38.1 Å². The van der Waals surface area contributed by atoms with Crippen LogP contribution < -0.4 is 10.1 Å². The fourth-order valence-corrected chi connectivity index (χ4v) is 2.45. The van der Waals surface area contributed by atoms with Crippen molar-refractivity contribution in [3.8, 4) is 5.75 Å². The average Bonchev–Trinajstić information content (AvgIpc) is 3.11. The third kappa shape index (κ3) is 4.76. The maximum absolute atomic E-state index is 12.3. The molecule has 0 radical (unpaired) electrons. The molecular weight excluding hydrogens is 360 g/mol. The van der Waals surface area contributed by atoms with Crippen LogP contribution in [0.4, 0.5) is 5.69 Å². The molecule has 0 spiro atoms. The summed E-state index contributed by atoms with van der Waals surface area (Å²) in [6.45, 7) is 3.81. The SMILES string of the molecule is CCOc1ccccc1NC(=O)[C@@H](C)OC(=O)/C=C/c1nc2ccccc2o1. The molecule has 1 amide bonds. The highest BCUT2D eigenvalue weighted by atomic mass is 16.5. The number of esters is 1. The number of benzene rings is 2. The highest BCUT2D eigenvalue weighted by molar-refractivity contribution is 5.97. The molecule has 0 aliphatic carbocycles. The summed E-state index contributed by atoms with van der Waals surface area (Å²) in [6.07, 6.45) is 1.58. The van der Waals surface area contributed by atoms with Gasteiger partial charge >= 0.3 is 5.97 Å². The van der Waals surface area contributed by atoms with Crippen LogP contribution in [0.25, 0.3) is 17.2 Å². The summed E-state index contributed by atoms with van der Waals surface area (Å²) in [5.74, 6) is -0.313. The highest BCUT2D eigenvalue weighted by Gasteiger charge is 2.18. The molecule has 0 fully saturated rings. The number of oxazole rings is 1. The Kier molecular flexibility index (Phi) is 6.06. The van der Waals surface area contributed by atoms with Crippen LogP contribution in [-0.4, -0.2) is 29.6 Å². The molecule has 0 aliphatic rings. The Hall–Kier alpha value is -3.61. The molecule has 1 aromatic heterocycles. The van der Waals surface area contributed by atoms with Crippen LogP contribution >= 0.6 is 0 Å². The molecule has 0 unspecified atom stereocenters. The van der Waals surface area contributed by atoms with E-state index in [1.165, 1.54) is 19.1 Å². The van der Waals surface area contributed by atoms with Gasteiger partial charge in [0.2, 0.25) is 5.89 Å². The number of nitrogens with one attached hydrogen (secondary N) is 1. The number of amides is 1. The van der Waals surface area contributed by atoms with Crippen molar-refractivity contribution in [2.75, 3.05) is 11.9 Å². The third-order valence-electron chi connectivity index (χ3n) is 3.78. The minimum Gasteiger partial charge on any atom is -0.492 e. The highest BCUT2D eigenvalue weighted by Crippen LogP contribution is 2.24. The molecule has 1 atom stereocenters. The number of ether oxygens (including phenoxy) is 2. The zero-order valence-electron chi connectivity index (χ0n) is 15.5. The van der Waals surface area contributed by atoms with Crippen molar-refractivity contribution in [2.24, 2.45) is 0 Å². The minimum absolute atomic E-state index is 0.279. The second-order valence-electron chi connectivity index (χ2n) is 5.85. The number of rotatable bonds is 7. The summed E-state index contributed by atoms with van der Waals surface area (Å²) in [6, 6.07) is 14.3. The Bertz CT molecular complexity index is 976. The van der Waals surface area contributed by atoms with Crippen molar-refractivity contribution in [1.29, 1.82) is 0 Å². The van der Waals surface area contributed by atoms with Gasteiger partial charge in [-0.1, -0.05) is 24.3 Å². The molecule has 0 aliphatic heterocycles. The molecule has 7 heteroatoms. The number of carbonyl (C=O) groups excluding carboxylic acids is 2. The van der Waals surface area contributed by atoms with Gasteiger partial charge in [0.15, 0.2) is 11.7 Å². The Morgan fingerprint density at radius 3 is 2.71 bits per heavy atom. The Morgan fingerprint density at radius 2 is 1.93 bits per heavy atom. The molecular formula is C21H20N2O5. The Balaban J connectivity index is 1.58. The minimum atomic E-state index is -0.990. The summed E-state index contributed by atoms with van der Waals surface area (Å²) < 4.78 is 16.1. The molecule has 144 valence electrons. The molecule has 2 aromatic carbocycles. The van der Waals surface area contributed by atoms with E-state index in [0.717, 1.165) is 0 Å². The van der Waals surface area contributed by atoms with E-state index in [9.17, 15) is 9.59 Å². The van der Waals surface area contributed by atoms with Crippen LogP contribution in [0, 0.1) is 0 Å². The van der Waals surface area contributed by atoms with E-state index in [-0.39, 0.29) is 5.89 Å². The van der Waals surface area contributed by atoms with Gasteiger partial charge < -0.3 is 19.2 Å². The summed E-state index contributed by atoms with van der Waals surface area (Å²) >= 11 is 0. The van der Waals surface area contributed by atoms with Gasteiger partial charge in [-0.25, -0.2) is 9.78 Å². The standard InChI is InChI=1S/C21H20N2O5/c1-3-26-17-10-6-4-8-15(17)23-21(25)14(2)27-20(24)13-12-19-22-16-9-5-7-11-18(16)28-19/h4-14H,3H2,1-2H3,(H,23,25)/b13-12+/t14-/m1/s1. The zero-order chi connectivity index (χ0) is 19.9. The Morgan fingerprint density at radius 1 is 1.18 bits per heavy atom. The number of hydrogen-bond acceptors (Lipinski definition) is 6. The number of carbonyl (C=O) groups is 2. The molecule has 3 aromatic rings. The first-order valence-corrected chi connectivity index (χ1v) is 8.83. The lowest BCUT2D eigenvalue weighted by molar-refractivity contribution is -0.148. The number of fused-ring (bicyclic) bond motifs is 1. The van der Waals surface area contributed by atoms with Crippen LogP contribution in [0.1, 0.15) is 19.7 Å². The van der Waals surface area contributed by atoms with E-state index >= 15 is 0 Å². The van der Waals surface area contributed by atoms with Crippen molar-refractivity contribution in [1.82, 2.24) is 4.98 Å². The average molecular weight is 380 g/mol. The first-order chi connectivity index (χ1) is 13.6. The second-order valence-corrected chi connectivity index (χ2v) is 5.85. The van der Waals surface area contributed by atoms with Crippen molar-refractivity contribution >= 4 is 34.7 Å². The first kappa shape index (κ1) is 19.2. The largest absolute Gasteiger partial charge is 0.492 e. The normalized spacial score (nSPS) is 12.1. The lowest BCUT2D eigenvalue weighted by atomic mass is 10.2. The molecule has 0 saturated heterocycles. The van der Waals surface area contributed by atoms with E-state index in [2.05, 4.69) is 10.3 Å². The van der Waals surface area contributed by atoms with Gasteiger partial charge in [-0.2, -0.15) is 0 Å². The maximum Gasteiger partial charge on any atom is 0.331 e. The molecule has 0 saturated carbocycles. The smallest absolute Gasteiger partial charge is 0.331 e. The van der Waals surface area contributed by atoms with Crippen molar-refractivity contribution in [3.63, 3.8) is 0 Å². The fourth-order valence-electron chi connectivity index (χ4n) is 2.45. The summed E-state index contributed by atoms with van der Waals surface area (Å²) in [5.41, 5.74) is 1.83. The molecule has 0 bridgehead atoms. The molecule has 28 heavy (non-hydrogen) atoms. The van der Waals surface area contributed by atoms with E-state index in [1.807, 2.05) is 19.1 Å². The Labute approximate surface area is 162 Å².